The highest BCUT2D eigenvalue weighted by atomic mass is 19.1. The molecule has 0 aliphatic carbocycles. The predicted octanol–water partition coefficient (Wildman–Crippen LogP) is 2.72. The lowest BCUT2D eigenvalue weighted by atomic mass is 10.0. The molecule has 2 rings (SSSR count). The number of halogens is 1. The average Bonchev–Trinajstić information content (AvgIpc) is 2.61. The number of nitrogens with one attached hydrogen (secondary N) is 1. The van der Waals surface area contributed by atoms with E-state index in [1.54, 1.807) is 31.2 Å². The Morgan fingerprint density at radius 3 is 2.29 bits per heavy atom. The van der Waals surface area contributed by atoms with Crippen molar-refractivity contribution in [3.63, 3.8) is 0 Å². The molecule has 128 valence electrons. The summed E-state index contributed by atoms with van der Waals surface area (Å²) in [6, 6.07) is 10.3. The Morgan fingerprint density at radius 1 is 1.12 bits per heavy atom. The number of hydrogen-bond acceptors (Lipinski definition) is 4. The van der Waals surface area contributed by atoms with Crippen molar-refractivity contribution in [3.05, 3.63) is 59.4 Å². The number of rotatable bonds is 6. The fourth-order valence-electron chi connectivity index (χ4n) is 2.39. The van der Waals surface area contributed by atoms with Gasteiger partial charge >= 0.3 is 0 Å². The monoisotopic (exact) mass is 332 g/mol. The predicted molar refractivity (Wildman–Crippen MR) is 89.4 cm³/mol. The smallest absolute Gasteiger partial charge is 0.241 e. The molecule has 5 nitrogen and oxygen atoms in total. The summed E-state index contributed by atoms with van der Waals surface area (Å²) in [5, 5.41) is 2.72. The molecule has 1 amide bonds. The second kappa shape index (κ2) is 7.79. The quantitative estimate of drug-likeness (QED) is 0.853. The molecule has 2 aromatic rings. The largest absolute Gasteiger partial charge is 0.493 e. The Balaban J connectivity index is 2.17. The van der Waals surface area contributed by atoms with E-state index in [-0.39, 0.29) is 5.91 Å². The fourth-order valence-corrected chi connectivity index (χ4v) is 2.39. The van der Waals surface area contributed by atoms with E-state index in [0.29, 0.717) is 22.6 Å². The molecule has 2 unspecified atom stereocenters. The van der Waals surface area contributed by atoms with E-state index in [2.05, 4.69) is 5.32 Å². The van der Waals surface area contributed by atoms with Gasteiger partial charge < -0.3 is 20.5 Å². The third kappa shape index (κ3) is 3.83. The first-order valence-electron chi connectivity index (χ1n) is 7.50. The zero-order valence-corrected chi connectivity index (χ0v) is 13.9. The molecule has 0 saturated heterocycles. The molecule has 0 radical (unpaired) electrons. The van der Waals surface area contributed by atoms with Crippen molar-refractivity contribution in [2.75, 3.05) is 14.2 Å². The fraction of sp³-hybridized carbons (Fsp3) is 0.278. The molecule has 0 bridgehead atoms. The highest BCUT2D eigenvalue weighted by Gasteiger charge is 2.21. The number of benzene rings is 2. The van der Waals surface area contributed by atoms with Gasteiger partial charge in [-0.3, -0.25) is 4.79 Å². The van der Waals surface area contributed by atoms with Crippen LogP contribution >= 0.6 is 0 Å². The van der Waals surface area contributed by atoms with Gasteiger partial charge in [0, 0.05) is 11.6 Å². The maximum absolute atomic E-state index is 14.3. The number of amides is 1. The van der Waals surface area contributed by atoms with Crippen LogP contribution in [0.4, 0.5) is 4.39 Å². The van der Waals surface area contributed by atoms with Gasteiger partial charge in [0.15, 0.2) is 11.5 Å². The van der Waals surface area contributed by atoms with Crippen LogP contribution in [0.25, 0.3) is 0 Å². The van der Waals surface area contributed by atoms with Crippen LogP contribution < -0.4 is 20.5 Å². The van der Waals surface area contributed by atoms with Crippen molar-refractivity contribution >= 4 is 5.91 Å². The molecular formula is C18H21FN2O3. The van der Waals surface area contributed by atoms with E-state index in [9.17, 15) is 9.18 Å². The summed E-state index contributed by atoms with van der Waals surface area (Å²) in [6.07, 6.45) is 0. The van der Waals surface area contributed by atoms with Crippen LogP contribution in [0.2, 0.25) is 0 Å². The molecule has 0 heterocycles. The molecule has 24 heavy (non-hydrogen) atoms. The lowest BCUT2D eigenvalue weighted by Gasteiger charge is -2.20. The number of carbonyl (C=O) groups is 1. The summed E-state index contributed by atoms with van der Waals surface area (Å²) in [5.41, 5.74) is 6.94. The van der Waals surface area contributed by atoms with Gasteiger partial charge in [0.2, 0.25) is 5.91 Å². The highest BCUT2D eigenvalue weighted by Crippen LogP contribution is 2.32. The third-order valence-electron chi connectivity index (χ3n) is 3.77. The Labute approximate surface area is 140 Å². The number of hydrogen-bond donors (Lipinski definition) is 2. The lowest BCUT2D eigenvalue weighted by Crippen LogP contribution is -2.36. The summed E-state index contributed by atoms with van der Waals surface area (Å²) in [7, 11) is 2.90. The first kappa shape index (κ1) is 17.7. The Hall–Kier alpha value is -2.60. The number of nitrogens with two attached hydrogens (primary N) is 1. The number of carbonyl (C=O) groups excluding carboxylic acids is 1. The van der Waals surface area contributed by atoms with Gasteiger partial charge in [0.1, 0.15) is 11.9 Å². The molecule has 0 spiro atoms. The zero-order valence-electron chi connectivity index (χ0n) is 13.9. The molecule has 3 N–H and O–H groups in total. The van der Waals surface area contributed by atoms with Crippen molar-refractivity contribution in [2.45, 2.75) is 19.0 Å². The summed E-state index contributed by atoms with van der Waals surface area (Å²) in [4.78, 5) is 12.3. The second-order valence-electron chi connectivity index (χ2n) is 5.35. The number of ether oxygens (including phenoxy) is 2. The first-order valence-corrected chi connectivity index (χ1v) is 7.50. The zero-order chi connectivity index (χ0) is 17.7. The van der Waals surface area contributed by atoms with Gasteiger partial charge in [-0.1, -0.05) is 30.3 Å². The van der Waals surface area contributed by atoms with Gasteiger partial charge in [-0.15, -0.1) is 0 Å². The lowest BCUT2D eigenvalue weighted by molar-refractivity contribution is -0.123. The average molecular weight is 332 g/mol. The van der Waals surface area contributed by atoms with E-state index >= 15 is 0 Å². The second-order valence-corrected chi connectivity index (χ2v) is 5.35. The van der Waals surface area contributed by atoms with E-state index in [1.165, 1.54) is 26.4 Å². The van der Waals surface area contributed by atoms with E-state index in [4.69, 9.17) is 15.2 Å². The molecular weight excluding hydrogens is 311 g/mol. The van der Waals surface area contributed by atoms with Crippen LogP contribution in [0.5, 0.6) is 11.5 Å². The summed E-state index contributed by atoms with van der Waals surface area (Å²) < 4.78 is 24.5. The maximum Gasteiger partial charge on any atom is 0.241 e. The van der Waals surface area contributed by atoms with Crippen LogP contribution in [0.15, 0.2) is 42.5 Å². The minimum absolute atomic E-state index is 0.290. The first-order chi connectivity index (χ1) is 11.5. The molecule has 0 saturated carbocycles. The summed E-state index contributed by atoms with van der Waals surface area (Å²) >= 11 is 0. The molecule has 2 aromatic carbocycles. The molecule has 0 aromatic heterocycles. The SMILES string of the molecule is COc1cc(F)c(C(C)NC(=O)C(N)c2ccccc2)cc1OC. The van der Waals surface area contributed by atoms with Crippen molar-refractivity contribution in [1.82, 2.24) is 5.32 Å². The van der Waals surface area contributed by atoms with Gasteiger partial charge in [0.25, 0.3) is 0 Å². The van der Waals surface area contributed by atoms with Crippen molar-refractivity contribution in [3.8, 4) is 11.5 Å². The van der Waals surface area contributed by atoms with E-state index in [0.717, 1.165) is 0 Å². The molecule has 6 heteroatoms. The van der Waals surface area contributed by atoms with Gasteiger partial charge in [0.05, 0.1) is 20.3 Å². The third-order valence-corrected chi connectivity index (χ3v) is 3.77. The normalized spacial score (nSPS) is 13.0. The standard InChI is InChI=1S/C18H21FN2O3/c1-11(13-9-15(23-2)16(24-3)10-14(13)19)21-18(22)17(20)12-7-5-4-6-8-12/h4-11,17H,20H2,1-3H3,(H,21,22). The minimum Gasteiger partial charge on any atom is -0.493 e. The van der Waals surface area contributed by atoms with Crippen molar-refractivity contribution < 1.29 is 18.7 Å². The molecule has 0 fully saturated rings. The van der Waals surface area contributed by atoms with Crippen LogP contribution in [-0.2, 0) is 4.79 Å². The summed E-state index contributed by atoms with van der Waals surface area (Å²) in [6.45, 7) is 1.68. The Kier molecular flexibility index (Phi) is 5.76. The van der Waals surface area contributed by atoms with E-state index < -0.39 is 17.9 Å². The van der Waals surface area contributed by atoms with Crippen LogP contribution in [0, 0.1) is 5.82 Å². The maximum atomic E-state index is 14.3. The topological polar surface area (TPSA) is 73.6 Å². The van der Waals surface area contributed by atoms with Crippen molar-refractivity contribution in [2.24, 2.45) is 5.73 Å². The molecule has 0 aliphatic heterocycles. The number of methoxy groups -OCH3 is 2. The minimum atomic E-state index is -0.822. The van der Waals surface area contributed by atoms with Crippen molar-refractivity contribution in [1.29, 1.82) is 0 Å². The highest BCUT2D eigenvalue weighted by molar-refractivity contribution is 5.83. The molecule has 2 atom stereocenters. The van der Waals surface area contributed by atoms with E-state index in [1.807, 2.05) is 6.07 Å². The van der Waals surface area contributed by atoms with Crippen LogP contribution in [0.3, 0.4) is 0 Å². The van der Waals surface area contributed by atoms with Crippen LogP contribution in [-0.4, -0.2) is 20.1 Å². The summed E-state index contributed by atoms with van der Waals surface area (Å²) in [5.74, 6) is -0.197. The van der Waals surface area contributed by atoms with Crippen LogP contribution in [0.1, 0.15) is 30.1 Å². The van der Waals surface area contributed by atoms with Gasteiger partial charge in [-0.2, -0.15) is 0 Å². The van der Waals surface area contributed by atoms with Gasteiger partial charge in [-0.05, 0) is 18.6 Å². The van der Waals surface area contributed by atoms with Gasteiger partial charge in [-0.25, -0.2) is 4.39 Å². The Morgan fingerprint density at radius 2 is 1.71 bits per heavy atom. The molecule has 0 aliphatic rings. The Bertz CT molecular complexity index is 707.